The van der Waals surface area contributed by atoms with Crippen molar-refractivity contribution in [1.82, 2.24) is 5.32 Å². The predicted molar refractivity (Wildman–Crippen MR) is 124 cm³/mol. The summed E-state index contributed by atoms with van der Waals surface area (Å²) < 4.78 is 47.9. The topological polar surface area (TPSA) is 81.5 Å². The van der Waals surface area contributed by atoms with Gasteiger partial charge >= 0.3 is 6.18 Å². The fourth-order valence-electron chi connectivity index (χ4n) is 4.15. The Morgan fingerprint density at radius 1 is 1.20 bits per heavy atom. The first-order valence-electron chi connectivity index (χ1n) is 10.9. The average molecular weight is 532 g/mol. The molecule has 1 aromatic rings. The number of carbonyl (C=O) groups excluding carboxylic acids is 1. The quantitative estimate of drug-likeness (QED) is 0.533. The Labute approximate surface area is 209 Å². The van der Waals surface area contributed by atoms with Crippen LogP contribution in [0.25, 0.3) is 0 Å². The van der Waals surface area contributed by atoms with Gasteiger partial charge in [0.2, 0.25) is 18.0 Å². The SMILES string of the molecule is CCOC1=NO[C@@H](NC(=O)C2=CC=C(C3=NO[C@@](c4cc(Cl)cc(Cl)c4)(C(F)(F)F)C3)CC2C)C1. The Morgan fingerprint density at radius 3 is 2.54 bits per heavy atom. The second-order valence-corrected chi connectivity index (χ2v) is 9.27. The van der Waals surface area contributed by atoms with Gasteiger partial charge in [-0.05, 0) is 48.2 Å². The smallest absolute Gasteiger partial charge is 0.435 e. The maximum atomic E-state index is 14.2. The second kappa shape index (κ2) is 9.73. The number of benzene rings is 1. The molecule has 0 aromatic heterocycles. The van der Waals surface area contributed by atoms with E-state index in [1.54, 1.807) is 19.1 Å². The first kappa shape index (κ1) is 25.4. The predicted octanol–water partition coefficient (Wildman–Crippen LogP) is 5.63. The Kier molecular flexibility index (Phi) is 7.06. The molecule has 3 atom stereocenters. The van der Waals surface area contributed by atoms with Crippen molar-refractivity contribution in [2.45, 2.75) is 51.1 Å². The maximum absolute atomic E-state index is 14.2. The van der Waals surface area contributed by atoms with Gasteiger partial charge in [0.15, 0.2) is 0 Å². The van der Waals surface area contributed by atoms with Crippen molar-refractivity contribution < 1.29 is 32.4 Å². The lowest BCUT2D eigenvalue weighted by Gasteiger charge is -2.30. The van der Waals surface area contributed by atoms with Gasteiger partial charge in [-0.1, -0.05) is 47.4 Å². The zero-order chi connectivity index (χ0) is 25.4. The van der Waals surface area contributed by atoms with Crippen LogP contribution in [0.2, 0.25) is 10.0 Å². The van der Waals surface area contributed by atoms with Crippen LogP contribution in [0.1, 0.15) is 38.7 Å². The largest absolute Gasteiger partial charge is 0.479 e. The Hall–Kier alpha value is -2.72. The van der Waals surface area contributed by atoms with Crippen molar-refractivity contribution in [2.75, 3.05) is 6.61 Å². The summed E-state index contributed by atoms with van der Waals surface area (Å²) in [5, 5.41) is 10.4. The molecule has 3 aliphatic rings. The van der Waals surface area contributed by atoms with Crippen LogP contribution in [0, 0.1) is 5.92 Å². The van der Waals surface area contributed by atoms with E-state index in [9.17, 15) is 18.0 Å². The fraction of sp³-hybridized carbons (Fsp3) is 0.435. The molecule has 1 N–H and O–H groups in total. The van der Waals surface area contributed by atoms with Gasteiger partial charge in [0.25, 0.3) is 5.60 Å². The highest BCUT2D eigenvalue weighted by Gasteiger charge is 2.62. The molecule has 1 unspecified atom stereocenters. The van der Waals surface area contributed by atoms with Crippen molar-refractivity contribution in [2.24, 2.45) is 16.2 Å². The molecule has 0 fully saturated rings. The normalized spacial score (nSPS) is 26.1. The Morgan fingerprint density at radius 2 is 1.91 bits per heavy atom. The molecule has 1 amide bonds. The Balaban J connectivity index is 1.50. The van der Waals surface area contributed by atoms with E-state index in [2.05, 4.69) is 15.6 Å². The van der Waals surface area contributed by atoms with Crippen molar-refractivity contribution in [3.8, 4) is 0 Å². The number of carbonyl (C=O) groups is 1. The third-order valence-corrected chi connectivity index (χ3v) is 6.35. The number of alkyl halides is 3. The van der Waals surface area contributed by atoms with Crippen LogP contribution in [-0.2, 0) is 24.8 Å². The average Bonchev–Trinajstić information content (AvgIpc) is 3.41. The number of amides is 1. The van der Waals surface area contributed by atoms with Crippen LogP contribution in [0.4, 0.5) is 13.2 Å². The number of hydrogen-bond donors (Lipinski definition) is 1. The number of rotatable bonds is 5. The summed E-state index contributed by atoms with van der Waals surface area (Å²) >= 11 is 11.9. The van der Waals surface area contributed by atoms with Gasteiger partial charge in [-0.25, -0.2) is 0 Å². The van der Waals surface area contributed by atoms with Crippen LogP contribution in [0.15, 0.2) is 51.8 Å². The van der Waals surface area contributed by atoms with Crippen LogP contribution in [0.3, 0.4) is 0 Å². The third-order valence-electron chi connectivity index (χ3n) is 5.91. The first-order chi connectivity index (χ1) is 16.5. The van der Waals surface area contributed by atoms with Crippen LogP contribution in [0.5, 0.6) is 0 Å². The summed E-state index contributed by atoms with van der Waals surface area (Å²) in [6, 6.07) is 3.69. The van der Waals surface area contributed by atoms with Gasteiger partial charge in [0, 0.05) is 27.6 Å². The van der Waals surface area contributed by atoms with Gasteiger partial charge in [-0.15, -0.1) is 0 Å². The van der Waals surface area contributed by atoms with Gasteiger partial charge < -0.3 is 19.7 Å². The highest BCUT2D eigenvalue weighted by molar-refractivity contribution is 6.34. The molecule has 4 rings (SSSR count). The molecule has 7 nitrogen and oxygen atoms in total. The van der Waals surface area contributed by atoms with Gasteiger partial charge in [0.05, 0.1) is 18.7 Å². The molecule has 0 spiro atoms. The molecule has 1 aliphatic carbocycles. The lowest BCUT2D eigenvalue weighted by molar-refractivity contribution is -0.275. The molecule has 35 heavy (non-hydrogen) atoms. The van der Waals surface area contributed by atoms with E-state index in [1.165, 1.54) is 18.2 Å². The summed E-state index contributed by atoms with van der Waals surface area (Å²) in [5.74, 6) is -0.236. The summed E-state index contributed by atoms with van der Waals surface area (Å²) in [5.41, 5.74) is -1.78. The lowest BCUT2D eigenvalue weighted by atomic mass is 9.81. The van der Waals surface area contributed by atoms with Crippen LogP contribution >= 0.6 is 23.2 Å². The zero-order valence-corrected chi connectivity index (χ0v) is 20.3. The minimum absolute atomic E-state index is 0.0577. The molecular formula is C23H22Cl2F3N3O4. The molecular weight excluding hydrogens is 510 g/mol. The summed E-state index contributed by atoms with van der Waals surface area (Å²) in [4.78, 5) is 22.9. The molecule has 188 valence electrons. The van der Waals surface area contributed by atoms with E-state index in [4.69, 9.17) is 37.6 Å². The zero-order valence-electron chi connectivity index (χ0n) is 18.8. The number of nitrogens with zero attached hydrogens (tertiary/aromatic N) is 2. The van der Waals surface area contributed by atoms with E-state index < -0.39 is 24.4 Å². The monoisotopic (exact) mass is 531 g/mol. The van der Waals surface area contributed by atoms with E-state index >= 15 is 0 Å². The molecule has 1 aromatic carbocycles. The van der Waals surface area contributed by atoms with Crippen molar-refractivity contribution in [3.63, 3.8) is 0 Å². The minimum atomic E-state index is -4.78. The maximum Gasteiger partial charge on any atom is 0.435 e. The van der Waals surface area contributed by atoms with Gasteiger partial charge in [-0.2, -0.15) is 13.2 Å². The molecule has 0 bridgehead atoms. The fourth-order valence-corrected chi connectivity index (χ4v) is 4.68. The van der Waals surface area contributed by atoms with Crippen molar-refractivity contribution >= 4 is 40.7 Å². The molecule has 2 heterocycles. The first-order valence-corrected chi connectivity index (χ1v) is 11.6. The van der Waals surface area contributed by atoms with Gasteiger partial charge in [-0.3, -0.25) is 4.79 Å². The number of nitrogens with one attached hydrogen (secondary N) is 1. The number of hydrogen-bond acceptors (Lipinski definition) is 6. The number of oxime groups is 2. The van der Waals surface area contributed by atoms with Crippen molar-refractivity contribution in [3.05, 3.63) is 57.1 Å². The molecule has 12 heteroatoms. The highest BCUT2D eigenvalue weighted by atomic mass is 35.5. The van der Waals surface area contributed by atoms with Crippen LogP contribution in [-0.4, -0.2) is 36.5 Å². The van der Waals surface area contributed by atoms with E-state index in [1.807, 2.05) is 6.92 Å². The van der Waals surface area contributed by atoms with Crippen molar-refractivity contribution in [1.29, 1.82) is 0 Å². The van der Waals surface area contributed by atoms with Gasteiger partial charge in [0.1, 0.15) is 0 Å². The highest BCUT2D eigenvalue weighted by Crippen LogP contribution is 2.50. The molecule has 0 saturated carbocycles. The second-order valence-electron chi connectivity index (χ2n) is 8.40. The summed E-state index contributed by atoms with van der Waals surface area (Å²) in [6.45, 7) is 4.06. The summed E-state index contributed by atoms with van der Waals surface area (Å²) in [6.07, 6.45) is -2.20. The van der Waals surface area contributed by atoms with E-state index in [-0.39, 0.29) is 33.1 Å². The lowest BCUT2D eigenvalue weighted by Crippen LogP contribution is -2.42. The minimum Gasteiger partial charge on any atom is -0.479 e. The standard InChI is InChI=1S/C23H22Cl2F3N3O4/c1-3-33-20-10-19(34-31-20)29-21(32)17-5-4-13(6-12(17)2)18-11-22(35-30-18,23(26,27)28)14-7-15(24)9-16(25)8-14/h4-5,7-9,12,19H,3,6,10-11H2,1-2H3,(H,29,32)/t12?,19-,22+/m1/s1. The molecule has 0 saturated heterocycles. The molecule has 2 aliphatic heterocycles. The van der Waals surface area contributed by atoms with E-state index in [0.29, 0.717) is 36.5 Å². The molecule has 0 radical (unpaired) electrons. The number of ether oxygens (including phenoxy) is 1. The van der Waals surface area contributed by atoms with Crippen LogP contribution < -0.4 is 5.32 Å². The number of halogens is 5. The third kappa shape index (κ3) is 5.13. The van der Waals surface area contributed by atoms with E-state index in [0.717, 1.165) is 0 Å². The summed E-state index contributed by atoms with van der Waals surface area (Å²) in [7, 11) is 0. The Bertz CT molecular complexity index is 1130. The number of allylic oxidation sites excluding steroid dienone is 3.